The lowest BCUT2D eigenvalue weighted by Gasteiger charge is -2.29. The first-order valence-electron chi connectivity index (χ1n) is 14.3. The summed E-state index contributed by atoms with van der Waals surface area (Å²) in [6.45, 7) is 5.99. The summed E-state index contributed by atoms with van der Waals surface area (Å²) in [5.41, 5.74) is 0. The first kappa shape index (κ1) is 30.0. The zero-order valence-corrected chi connectivity index (χ0v) is 22.3. The summed E-state index contributed by atoms with van der Waals surface area (Å²) in [7, 11) is 7.14. The van der Waals surface area contributed by atoms with Crippen LogP contribution in [-0.4, -0.2) is 32.2 Å². The fourth-order valence-corrected chi connectivity index (χ4v) is 4.94. The van der Waals surface area contributed by atoms with Gasteiger partial charge in [-0.2, -0.15) is 0 Å². The van der Waals surface area contributed by atoms with Crippen LogP contribution >= 0.6 is 0 Å². The molecule has 1 heteroatoms. The molecule has 0 amide bonds. The molecule has 0 aliphatic heterocycles. The Bertz CT molecular complexity index is 317. The lowest BCUT2D eigenvalue weighted by Crippen LogP contribution is -2.39. The molecule has 182 valence electrons. The molecule has 0 saturated carbocycles. The zero-order chi connectivity index (χ0) is 22.3. The Balaban J connectivity index is 3.68. The van der Waals surface area contributed by atoms with Gasteiger partial charge in [0.1, 0.15) is 0 Å². The fraction of sp³-hybridized carbons (Fsp3) is 1.00. The molecule has 30 heavy (non-hydrogen) atoms. The average molecular weight is 425 g/mol. The summed E-state index contributed by atoms with van der Waals surface area (Å²) < 4.78 is 1.14. The summed E-state index contributed by atoms with van der Waals surface area (Å²) >= 11 is 0. The van der Waals surface area contributed by atoms with E-state index in [1.54, 1.807) is 0 Å². The molecule has 0 N–H and O–H groups in total. The van der Waals surface area contributed by atoms with Gasteiger partial charge in [0.2, 0.25) is 0 Å². The second-order valence-corrected chi connectivity index (χ2v) is 11.3. The highest BCUT2D eigenvalue weighted by Gasteiger charge is 2.17. The predicted molar refractivity (Wildman–Crippen MR) is 139 cm³/mol. The van der Waals surface area contributed by atoms with Crippen molar-refractivity contribution in [2.45, 2.75) is 155 Å². The van der Waals surface area contributed by atoms with Crippen LogP contribution in [-0.2, 0) is 0 Å². The molecule has 0 bridgehead atoms. The van der Waals surface area contributed by atoms with E-state index in [2.05, 4.69) is 35.0 Å². The minimum absolute atomic E-state index is 0.952. The van der Waals surface area contributed by atoms with Crippen molar-refractivity contribution in [2.24, 2.45) is 5.92 Å². The molecule has 0 aromatic heterocycles. The lowest BCUT2D eigenvalue weighted by atomic mass is 9.93. The molecule has 0 aliphatic rings. The van der Waals surface area contributed by atoms with Crippen molar-refractivity contribution in [3.05, 3.63) is 0 Å². The third kappa shape index (κ3) is 24.2. The van der Waals surface area contributed by atoms with Gasteiger partial charge in [-0.15, -0.1) is 0 Å². The first-order valence-corrected chi connectivity index (χ1v) is 14.3. The van der Waals surface area contributed by atoms with Gasteiger partial charge in [0.25, 0.3) is 0 Å². The summed E-state index contributed by atoms with van der Waals surface area (Å²) in [5.74, 6) is 0.952. The normalized spacial score (nSPS) is 13.1. The van der Waals surface area contributed by atoms with Crippen LogP contribution in [0.3, 0.4) is 0 Å². The van der Waals surface area contributed by atoms with Crippen LogP contribution in [0.25, 0.3) is 0 Å². The maximum atomic E-state index is 2.38. The maximum Gasteiger partial charge on any atom is 0.0809 e. The molecular weight excluding hydrogens is 362 g/mol. The SMILES string of the molecule is CCCCCCCCCCCCCC(CCCCCCCCCCC)C[N+](C)(C)C. The Morgan fingerprint density at radius 2 is 0.667 bits per heavy atom. The van der Waals surface area contributed by atoms with Crippen molar-refractivity contribution in [3.63, 3.8) is 0 Å². The molecule has 0 radical (unpaired) electrons. The van der Waals surface area contributed by atoms with Crippen LogP contribution in [0.5, 0.6) is 0 Å². The van der Waals surface area contributed by atoms with E-state index >= 15 is 0 Å². The molecule has 0 spiro atoms. The Morgan fingerprint density at radius 3 is 0.933 bits per heavy atom. The van der Waals surface area contributed by atoms with Crippen LogP contribution in [0, 0.1) is 5.92 Å². The number of hydrogen-bond acceptors (Lipinski definition) is 0. The number of quaternary nitrogens is 1. The standard InChI is InChI=1S/C29H62N/c1-6-8-10-12-14-16-17-19-21-23-25-27-29(28-30(3,4)5)26-24-22-20-18-15-13-11-9-7-2/h29H,6-28H2,1-5H3/q+1. The van der Waals surface area contributed by atoms with Crippen molar-refractivity contribution < 1.29 is 4.48 Å². The van der Waals surface area contributed by atoms with Crippen LogP contribution in [0.4, 0.5) is 0 Å². The Kier molecular flexibility index (Phi) is 22.1. The molecule has 0 heterocycles. The Hall–Kier alpha value is -0.0400. The molecule has 0 aromatic rings. The summed E-state index contributed by atoms with van der Waals surface area (Å²) in [4.78, 5) is 0. The van der Waals surface area contributed by atoms with E-state index in [4.69, 9.17) is 0 Å². The van der Waals surface area contributed by atoms with Gasteiger partial charge >= 0.3 is 0 Å². The van der Waals surface area contributed by atoms with Crippen LogP contribution < -0.4 is 0 Å². The van der Waals surface area contributed by atoms with Gasteiger partial charge in [0.05, 0.1) is 27.7 Å². The molecule has 0 rings (SSSR count). The molecule has 0 saturated heterocycles. The number of nitrogens with zero attached hydrogens (tertiary/aromatic N) is 1. The van der Waals surface area contributed by atoms with Crippen molar-refractivity contribution in [3.8, 4) is 0 Å². The van der Waals surface area contributed by atoms with E-state index in [9.17, 15) is 0 Å². The number of rotatable bonds is 24. The van der Waals surface area contributed by atoms with E-state index in [1.165, 1.54) is 148 Å². The van der Waals surface area contributed by atoms with Crippen LogP contribution in [0.15, 0.2) is 0 Å². The van der Waals surface area contributed by atoms with Gasteiger partial charge in [0, 0.05) is 5.92 Å². The molecule has 1 nitrogen and oxygen atoms in total. The van der Waals surface area contributed by atoms with Crippen molar-refractivity contribution >= 4 is 0 Å². The largest absolute Gasteiger partial charge is 0.331 e. The summed E-state index contributed by atoms with van der Waals surface area (Å²) in [5, 5.41) is 0. The second-order valence-electron chi connectivity index (χ2n) is 11.3. The predicted octanol–water partition coefficient (Wildman–Crippen LogP) is 9.93. The van der Waals surface area contributed by atoms with E-state index in [-0.39, 0.29) is 0 Å². The topological polar surface area (TPSA) is 0 Å². The van der Waals surface area contributed by atoms with Gasteiger partial charge in [-0.1, -0.05) is 142 Å². The quantitative estimate of drug-likeness (QED) is 0.107. The minimum Gasteiger partial charge on any atom is -0.331 e. The Morgan fingerprint density at radius 1 is 0.400 bits per heavy atom. The minimum atomic E-state index is 0.952. The smallest absolute Gasteiger partial charge is 0.0809 e. The van der Waals surface area contributed by atoms with Gasteiger partial charge in [0.15, 0.2) is 0 Å². The number of hydrogen-bond donors (Lipinski definition) is 0. The lowest BCUT2D eigenvalue weighted by molar-refractivity contribution is -0.874. The van der Waals surface area contributed by atoms with Gasteiger partial charge in [-0.05, 0) is 12.8 Å². The maximum absolute atomic E-state index is 2.38. The van der Waals surface area contributed by atoms with Gasteiger partial charge in [-0.25, -0.2) is 0 Å². The highest BCUT2D eigenvalue weighted by molar-refractivity contribution is 4.61. The molecule has 0 aliphatic carbocycles. The third-order valence-corrected chi connectivity index (χ3v) is 6.74. The second kappa shape index (κ2) is 22.2. The van der Waals surface area contributed by atoms with E-state index in [0.717, 1.165) is 10.4 Å². The highest BCUT2D eigenvalue weighted by Crippen LogP contribution is 2.21. The third-order valence-electron chi connectivity index (χ3n) is 6.74. The van der Waals surface area contributed by atoms with Gasteiger partial charge < -0.3 is 4.48 Å². The van der Waals surface area contributed by atoms with Crippen molar-refractivity contribution in [2.75, 3.05) is 27.7 Å². The van der Waals surface area contributed by atoms with Gasteiger partial charge in [-0.3, -0.25) is 0 Å². The molecular formula is C29H62N+. The molecule has 1 unspecified atom stereocenters. The molecule has 0 aromatic carbocycles. The highest BCUT2D eigenvalue weighted by atomic mass is 15.3. The monoisotopic (exact) mass is 424 g/mol. The van der Waals surface area contributed by atoms with Crippen molar-refractivity contribution in [1.29, 1.82) is 0 Å². The fourth-order valence-electron chi connectivity index (χ4n) is 4.94. The Labute approximate surface area is 193 Å². The summed E-state index contributed by atoms with van der Waals surface area (Å²) in [6.07, 6.45) is 32.1. The van der Waals surface area contributed by atoms with E-state index < -0.39 is 0 Å². The van der Waals surface area contributed by atoms with E-state index in [0.29, 0.717) is 0 Å². The zero-order valence-electron chi connectivity index (χ0n) is 22.3. The average Bonchev–Trinajstić information content (AvgIpc) is 2.69. The van der Waals surface area contributed by atoms with E-state index in [1.807, 2.05) is 0 Å². The first-order chi connectivity index (χ1) is 14.5. The van der Waals surface area contributed by atoms with Crippen LogP contribution in [0.1, 0.15) is 155 Å². The van der Waals surface area contributed by atoms with Crippen LogP contribution in [0.2, 0.25) is 0 Å². The molecule has 1 atom stereocenters. The summed E-state index contributed by atoms with van der Waals surface area (Å²) in [6, 6.07) is 0. The molecule has 0 fully saturated rings. The van der Waals surface area contributed by atoms with Crippen molar-refractivity contribution in [1.82, 2.24) is 0 Å². The number of unbranched alkanes of at least 4 members (excludes halogenated alkanes) is 18.